The number of esters is 1. The van der Waals surface area contributed by atoms with Crippen molar-refractivity contribution < 1.29 is 14.3 Å². The van der Waals surface area contributed by atoms with Crippen LogP contribution in [0, 0.1) is 0 Å². The van der Waals surface area contributed by atoms with Gasteiger partial charge in [-0.2, -0.15) is 0 Å². The van der Waals surface area contributed by atoms with E-state index >= 15 is 0 Å². The van der Waals surface area contributed by atoms with Gasteiger partial charge in [0.05, 0.1) is 20.6 Å². The van der Waals surface area contributed by atoms with E-state index in [9.17, 15) is 4.79 Å². The van der Waals surface area contributed by atoms with Crippen molar-refractivity contribution in [3.05, 3.63) is 29.8 Å². The molecular weight excluding hydrogens is 254 g/mol. The molecule has 1 fully saturated rings. The zero-order chi connectivity index (χ0) is 14.4. The van der Waals surface area contributed by atoms with Crippen LogP contribution in [0.15, 0.2) is 24.3 Å². The number of carbonyl (C=O) groups excluding carboxylic acids is 1. The van der Waals surface area contributed by atoms with Crippen LogP contribution < -0.4 is 4.74 Å². The van der Waals surface area contributed by atoms with Gasteiger partial charge in [0.2, 0.25) is 0 Å². The molecule has 1 aromatic rings. The highest BCUT2D eigenvalue weighted by atomic mass is 16.5. The molecular formula is C16H23NO3. The number of methoxy groups -OCH3 is 2. The van der Waals surface area contributed by atoms with Crippen LogP contribution in [0.5, 0.6) is 5.75 Å². The molecule has 1 atom stereocenters. The Hall–Kier alpha value is -1.55. The first-order valence-corrected chi connectivity index (χ1v) is 7.16. The summed E-state index contributed by atoms with van der Waals surface area (Å²) in [6.45, 7) is 1.93. The van der Waals surface area contributed by atoms with Crippen molar-refractivity contribution in [2.45, 2.75) is 38.3 Å². The normalized spacial score (nSPS) is 19.6. The lowest BCUT2D eigenvalue weighted by atomic mass is 9.98. The van der Waals surface area contributed by atoms with E-state index in [-0.39, 0.29) is 5.97 Å². The summed E-state index contributed by atoms with van der Waals surface area (Å²) in [5.74, 6) is 0.759. The van der Waals surface area contributed by atoms with Crippen molar-refractivity contribution in [3.63, 3.8) is 0 Å². The first-order valence-electron chi connectivity index (χ1n) is 7.16. The molecule has 2 rings (SSSR count). The van der Waals surface area contributed by atoms with Crippen LogP contribution in [0.3, 0.4) is 0 Å². The van der Waals surface area contributed by atoms with E-state index in [0.717, 1.165) is 25.3 Å². The quantitative estimate of drug-likeness (QED) is 0.776. The molecule has 0 amide bonds. The fourth-order valence-electron chi connectivity index (χ4n) is 2.74. The maximum absolute atomic E-state index is 11.5. The Morgan fingerprint density at radius 3 is 2.65 bits per heavy atom. The van der Waals surface area contributed by atoms with Gasteiger partial charge in [0.25, 0.3) is 0 Å². The predicted molar refractivity (Wildman–Crippen MR) is 77.7 cm³/mol. The Kier molecular flexibility index (Phi) is 5.41. The molecule has 110 valence electrons. The second-order valence-electron chi connectivity index (χ2n) is 5.25. The summed E-state index contributed by atoms with van der Waals surface area (Å²) in [5, 5.41) is 0. The SMILES string of the molecule is COC(=O)CC1CCCCN1Cc1ccc(OC)cc1. The van der Waals surface area contributed by atoms with Gasteiger partial charge in [-0.25, -0.2) is 0 Å². The van der Waals surface area contributed by atoms with Gasteiger partial charge in [-0.05, 0) is 37.1 Å². The third-order valence-electron chi connectivity index (χ3n) is 3.92. The van der Waals surface area contributed by atoms with Gasteiger partial charge >= 0.3 is 5.97 Å². The third kappa shape index (κ3) is 3.97. The van der Waals surface area contributed by atoms with Crippen molar-refractivity contribution in [2.75, 3.05) is 20.8 Å². The molecule has 0 spiro atoms. The molecule has 0 bridgehead atoms. The summed E-state index contributed by atoms with van der Waals surface area (Å²) in [6, 6.07) is 8.44. The second-order valence-corrected chi connectivity index (χ2v) is 5.25. The Labute approximate surface area is 120 Å². The molecule has 1 aliphatic rings. The van der Waals surface area contributed by atoms with Gasteiger partial charge in [-0.3, -0.25) is 9.69 Å². The average molecular weight is 277 g/mol. The van der Waals surface area contributed by atoms with Gasteiger partial charge in [0.15, 0.2) is 0 Å². The number of likely N-dealkylation sites (tertiary alicyclic amines) is 1. The highest BCUT2D eigenvalue weighted by Crippen LogP contribution is 2.23. The van der Waals surface area contributed by atoms with Crippen LogP contribution in [0.1, 0.15) is 31.2 Å². The van der Waals surface area contributed by atoms with Gasteiger partial charge in [0.1, 0.15) is 5.75 Å². The number of hydrogen-bond acceptors (Lipinski definition) is 4. The number of carbonyl (C=O) groups is 1. The van der Waals surface area contributed by atoms with Crippen LogP contribution in [0.4, 0.5) is 0 Å². The topological polar surface area (TPSA) is 38.8 Å². The third-order valence-corrected chi connectivity index (χ3v) is 3.92. The van der Waals surface area contributed by atoms with Crippen molar-refractivity contribution in [3.8, 4) is 5.75 Å². The molecule has 1 saturated heterocycles. The molecule has 0 saturated carbocycles. The number of benzene rings is 1. The van der Waals surface area contributed by atoms with Gasteiger partial charge < -0.3 is 9.47 Å². The lowest BCUT2D eigenvalue weighted by molar-refractivity contribution is -0.142. The summed E-state index contributed by atoms with van der Waals surface area (Å²) < 4.78 is 9.97. The van der Waals surface area contributed by atoms with E-state index in [4.69, 9.17) is 9.47 Å². The van der Waals surface area contributed by atoms with E-state index in [1.54, 1.807) is 7.11 Å². The van der Waals surface area contributed by atoms with Crippen LogP contribution in [0.2, 0.25) is 0 Å². The maximum atomic E-state index is 11.5. The Balaban J connectivity index is 1.98. The number of nitrogens with zero attached hydrogens (tertiary/aromatic N) is 1. The minimum Gasteiger partial charge on any atom is -0.497 e. The summed E-state index contributed by atoms with van der Waals surface area (Å²) in [4.78, 5) is 13.9. The van der Waals surface area contributed by atoms with E-state index in [2.05, 4.69) is 17.0 Å². The summed E-state index contributed by atoms with van der Waals surface area (Å²) in [7, 11) is 3.13. The van der Waals surface area contributed by atoms with E-state index in [0.29, 0.717) is 12.5 Å². The van der Waals surface area contributed by atoms with Crippen LogP contribution in [0.25, 0.3) is 0 Å². The fraction of sp³-hybridized carbons (Fsp3) is 0.562. The Morgan fingerprint density at radius 2 is 2.00 bits per heavy atom. The van der Waals surface area contributed by atoms with E-state index in [1.165, 1.54) is 25.5 Å². The minimum absolute atomic E-state index is 0.114. The number of hydrogen-bond donors (Lipinski definition) is 0. The molecule has 0 radical (unpaired) electrons. The first kappa shape index (κ1) is 14.9. The van der Waals surface area contributed by atoms with Crippen LogP contribution in [-0.2, 0) is 16.1 Å². The van der Waals surface area contributed by atoms with Gasteiger partial charge in [-0.15, -0.1) is 0 Å². The van der Waals surface area contributed by atoms with Gasteiger partial charge in [0, 0.05) is 12.6 Å². The molecule has 4 nitrogen and oxygen atoms in total. The molecule has 1 aliphatic heterocycles. The lowest BCUT2D eigenvalue weighted by Crippen LogP contribution is -2.40. The molecule has 4 heteroatoms. The zero-order valence-electron chi connectivity index (χ0n) is 12.3. The molecule has 20 heavy (non-hydrogen) atoms. The smallest absolute Gasteiger partial charge is 0.307 e. The molecule has 0 N–H and O–H groups in total. The zero-order valence-corrected chi connectivity index (χ0v) is 12.3. The van der Waals surface area contributed by atoms with Crippen LogP contribution >= 0.6 is 0 Å². The molecule has 1 heterocycles. The molecule has 1 aromatic carbocycles. The fourth-order valence-corrected chi connectivity index (χ4v) is 2.74. The highest BCUT2D eigenvalue weighted by molar-refractivity contribution is 5.69. The Morgan fingerprint density at radius 1 is 1.25 bits per heavy atom. The second kappa shape index (κ2) is 7.29. The first-order chi connectivity index (χ1) is 9.72. The highest BCUT2D eigenvalue weighted by Gasteiger charge is 2.25. The molecule has 1 unspecified atom stereocenters. The maximum Gasteiger partial charge on any atom is 0.307 e. The van der Waals surface area contributed by atoms with E-state index in [1.807, 2.05) is 12.1 Å². The minimum atomic E-state index is -0.114. The van der Waals surface area contributed by atoms with Crippen molar-refractivity contribution >= 4 is 5.97 Å². The standard InChI is InChI=1S/C16H23NO3/c1-19-15-8-6-13(7-9-15)12-17-10-4-3-5-14(17)11-16(18)20-2/h6-9,14H,3-5,10-12H2,1-2H3. The number of ether oxygens (including phenoxy) is 2. The summed E-state index contributed by atoms with van der Waals surface area (Å²) in [6.07, 6.45) is 3.96. The van der Waals surface area contributed by atoms with Gasteiger partial charge in [-0.1, -0.05) is 18.6 Å². The molecule has 0 aliphatic carbocycles. The summed E-state index contributed by atoms with van der Waals surface area (Å²) >= 11 is 0. The van der Waals surface area contributed by atoms with E-state index < -0.39 is 0 Å². The number of rotatable bonds is 5. The average Bonchev–Trinajstić information content (AvgIpc) is 2.50. The number of piperidine rings is 1. The largest absolute Gasteiger partial charge is 0.497 e. The monoisotopic (exact) mass is 277 g/mol. The van der Waals surface area contributed by atoms with Crippen molar-refractivity contribution in [1.29, 1.82) is 0 Å². The lowest BCUT2D eigenvalue weighted by Gasteiger charge is -2.35. The predicted octanol–water partition coefficient (Wildman–Crippen LogP) is 2.61. The molecule has 0 aromatic heterocycles. The Bertz CT molecular complexity index is 430. The van der Waals surface area contributed by atoms with Crippen molar-refractivity contribution in [2.24, 2.45) is 0 Å². The summed E-state index contributed by atoms with van der Waals surface area (Å²) in [5.41, 5.74) is 1.25. The van der Waals surface area contributed by atoms with Crippen molar-refractivity contribution in [1.82, 2.24) is 4.90 Å². The van der Waals surface area contributed by atoms with Crippen LogP contribution in [-0.4, -0.2) is 37.7 Å².